The average molecular weight is 262 g/mol. The molecule has 0 spiro atoms. The predicted octanol–water partition coefficient (Wildman–Crippen LogP) is 2.69. The molecule has 1 heterocycles. The van der Waals surface area contributed by atoms with Crippen LogP contribution >= 0.6 is 11.6 Å². The van der Waals surface area contributed by atoms with Gasteiger partial charge in [0.05, 0.1) is 6.54 Å². The number of aromatic nitrogens is 1. The SMILES string of the molecule is Cc1ccc(=O)n(CC(=O)c2ccc(Cl)cc2)c1. The minimum absolute atomic E-state index is 0.0438. The highest BCUT2D eigenvalue weighted by molar-refractivity contribution is 6.30. The van der Waals surface area contributed by atoms with Crippen LogP contribution in [0.5, 0.6) is 0 Å². The van der Waals surface area contributed by atoms with Crippen molar-refractivity contribution in [3.8, 4) is 0 Å². The van der Waals surface area contributed by atoms with Gasteiger partial charge < -0.3 is 4.57 Å². The van der Waals surface area contributed by atoms with Crippen LogP contribution in [-0.2, 0) is 6.54 Å². The smallest absolute Gasteiger partial charge is 0.250 e. The Morgan fingerprint density at radius 1 is 1.17 bits per heavy atom. The third-order valence-corrected chi connectivity index (χ3v) is 2.86. The Morgan fingerprint density at radius 2 is 1.83 bits per heavy atom. The molecule has 0 aliphatic heterocycles. The topological polar surface area (TPSA) is 39.1 Å². The van der Waals surface area contributed by atoms with E-state index in [0.29, 0.717) is 10.6 Å². The average Bonchev–Trinajstić information content (AvgIpc) is 2.34. The normalized spacial score (nSPS) is 10.3. The Bertz CT molecular complexity index is 629. The molecule has 4 heteroatoms. The van der Waals surface area contributed by atoms with E-state index in [1.54, 1.807) is 36.5 Å². The van der Waals surface area contributed by atoms with Crippen molar-refractivity contribution in [2.45, 2.75) is 13.5 Å². The third-order valence-electron chi connectivity index (χ3n) is 2.61. The van der Waals surface area contributed by atoms with Crippen LogP contribution in [0.3, 0.4) is 0 Å². The number of benzene rings is 1. The van der Waals surface area contributed by atoms with E-state index in [2.05, 4.69) is 0 Å². The summed E-state index contributed by atoms with van der Waals surface area (Å²) in [7, 11) is 0. The molecule has 0 aliphatic carbocycles. The van der Waals surface area contributed by atoms with E-state index < -0.39 is 0 Å². The highest BCUT2D eigenvalue weighted by Gasteiger charge is 2.07. The maximum absolute atomic E-state index is 12.0. The zero-order valence-corrected chi connectivity index (χ0v) is 10.6. The largest absolute Gasteiger partial charge is 0.307 e. The van der Waals surface area contributed by atoms with Crippen molar-refractivity contribution in [3.63, 3.8) is 0 Å². The number of nitrogens with zero attached hydrogens (tertiary/aromatic N) is 1. The molecule has 0 bridgehead atoms. The molecule has 1 aromatic carbocycles. The third kappa shape index (κ3) is 2.87. The Hall–Kier alpha value is -1.87. The second-order valence-electron chi connectivity index (χ2n) is 4.10. The Labute approximate surface area is 110 Å². The summed E-state index contributed by atoms with van der Waals surface area (Å²) in [5.74, 6) is -0.112. The lowest BCUT2D eigenvalue weighted by atomic mass is 10.1. The summed E-state index contributed by atoms with van der Waals surface area (Å²) in [6.07, 6.45) is 1.68. The first kappa shape index (κ1) is 12.6. The number of Topliss-reactive ketones (excluding diaryl/α,β-unsaturated/α-hetero) is 1. The van der Waals surface area contributed by atoms with Crippen LogP contribution in [-0.4, -0.2) is 10.4 Å². The van der Waals surface area contributed by atoms with E-state index in [0.717, 1.165) is 5.56 Å². The summed E-state index contributed by atoms with van der Waals surface area (Å²) < 4.78 is 1.41. The minimum atomic E-state index is -0.178. The Kier molecular flexibility index (Phi) is 3.63. The highest BCUT2D eigenvalue weighted by atomic mass is 35.5. The van der Waals surface area contributed by atoms with Crippen LogP contribution in [0.1, 0.15) is 15.9 Å². The number of aryl methyl sites for hydroxylation is 1. The molecule has 0 radical (unpaired) electrons. The molecule has 3 nitrogen and oxygen atoms in total. The van der Waals surface area contributed by atoms with E-state index in [1.165, 1.54) is 10.6 Å². The zero-order valence-electron chi connectivity index (χ0n) is 9.89. The molecule has 0 atom stereocenters. The van der Waals surface area contributed by atoms with Gasteiger partial charge in [0.1, 0.15) is 0 Å². The van der Waals surface area contributed by atoms with Gasteiger partial charge in [-0.15, -0.1) is 0 Å². The van der Waals surface area contributed by atoms with Crippen molar-refractivity contribution in [1.29, 1.82) is 0 Å². The summed E-state index contributed by atoms with van der Waals surface area (Å²) in [6.45, 7) is 1.92. The van der Waals surface area contributed by atoms with Gasteiger partial charge in [-0.1, -0.05) is 17.7 Å². The molecule has 0 aliphatic rings. The molecule has 2 rings (SSSR count). The lowest BCUT2D eigenvalue weighted by Crippen LogP contribution is -2.23. The molecule has 0 unspecified atom stereocenters. The summed E-state index contributed by atoms with van der Waals surface area (Å²) in [6, 6.07) is 9.83. The molecular weight excluding hydrogens is 250 g/mol. The summed E-state index contributed by atoms with van der Waals surface area (Å²) >= 11 is 5.76. The maximum atomic E-state index is 12.0. The van der Waals surface area contributed by atoms with Gasteiger partial charge in [0.15, 0.2) is 5.78 Å². The number of halogens is 1. The number of rotatable bonds is 3. The molecule has 1 aromatic heterocycles. The number of pyridine rings is 1. The Balaban J connectivity index is 2.24. The molecule has 0 N–H and O–H groups in total. The van der Waals surface area contributed by atoms with Gasteiger partial charge in [0.25, 0.3) is 5.56 Å². The van der Waals surface area contributed by atoms with E-state index in [9.17, 15) is 9.59 Å². The van der Waals surface area contributed by atoms with Crippen molar-refractivity contribution in [3.05, 3.63) is 69.1 Å². The molecule has 0 amide bonds. The standard InChI is InChI=1S/C14H12ClNO2/c1-10-2-7-14(18)16(8-10)9-13(17)11-3-5-12(15)6-4-11/h2-8H,9H2,1H3. The van der Waals surface area contributed by atoms with Gasteiger partial charge in [0.2, 0.25) is 0 Å². The molecule has 2 aromatic rings. The van der Waals surface area contributed by atoms with Gasteiger partial charge in [-0.2, -0.15) is 0 Å². The van der Waals surface area contributed by atoms with Crippen LogP contribution in [0.25, 0.3) is 0 Å². The Morgan fingerprint density at radius 3 is 2.50 bits per heavy atom. The summed E-state index contributed by atoms with van der Waals surface area (Å²) in [5.41, 5.74) is 1.31. The number of carbonyl (C=O) groups excluding carboxylic acids is 1. The first-order valence-corrected chi connectivity index (χ1v) is 5.90. The van der Waals surface area contributed by atoms with Gasteiger partial charge in [-0.05, 0) is 36.8 Å². The first-order chi connectivity index (χ1) is 8.56. The lowest BCUT2D eigenvalue weighted by Gasteiger charge is -2.06. The number of ketones is 1. The molecule has 18 heavy (non-hydrogen) atoms. The number of hydrogen-bond acceptors (Lipinski definition) is 2. The molecule has 0 saturated heterocycles. The van der Waals surface area contributed by atoms with Crippen LogP contribution < -0.4 is 5.56 Å². The van der Waals surface area contributed by atoms with Crippen molar-refractivity contribution < 1.29 is 4.79 Å². The van der Waals surface area contributed by atoms with Crippen LogP contribution in [0.2, 0.25) is 5.02 Å². The monoisotopic (exact) mass is 261 g/mol. The summed E-state index contributed by atoms with van der Waals surface area (Å²) in [4.78, 5) is 23.6. The summed E-state index contributed by atoms with van der Waals surface area (Å²) in [5, 5.41) is 0.583. The first-order valence-electron chi connectivity index (χ1n) is 5.52. The highest BCUT2D eigenvalue weighted by Crippen LogP contribution is 2.10. The fraction of sp³-hybridized carbons (Fsp3) is 0.143. The molecule has 0 fully saturated rings. The van der Waals surface area contributed by atoms with Gasteiger partial charge in [0, 0.05) is 22.8 Å². The van der Waals surface area contributed by atoms with E-state index >= 15 is 0 Å². The number of hydrogen-bond donors (Lipinski definition) is 0. The van der Waals surface area contributed by atoms with Crippen molar-refractivity contribution in [2.24, 2.45) is 0 Å². The zero-order chi connectivity index (χ0) is 13.1. The lowest BCUT2D eigenvalue weighted by molar-refractivity contribution is 0.0971. The fourth-order valence-electron chi connectivity index (χ4n) is 1.66. The minimum Gasteiger partial charge on any atom is -0.307 e. The fourth-order valence-corrected chi connectivity index (χ4v) is 1.78. The second kappa shape index (κ2) is 5.19. The quantitative estimate of drug-likeness (QED) is 0.797. The maximum Gasteiger partial charge on any atom is 0.250 e. The van der Waals surface area contributed by atoms with Crippen LogP contribution in [0.15, 0.2) is 47.4 Å². The van der Waals surface area contributed by atoms with Crippen molar-refractivity contribution >= 4 is 17.4 Å². The van der Waals surface area contributed by atoms with Gasteiger partial charge in [-0.3, -0.25) is 9.59 Å². The predicted molar refractivity (Wildman–Crippen MR) is 71.2 cm³/mol. The molecule has 92 valence electrons. The van der Waals surface area contributed by atoms with Crippen molar-refractivity contribution in [2.75, 3.05) is 0 Å². The van der Waals surface area contributed by atoms with Gasteiger partial charge >= 0.3 is 0 Å². The van der Waals surface area contributed by atoms with E-state index in [-0.39, 0.29) is 17.9 Å². The molecular formula is C14H12ClNO2. The number of carbonyl (C=O) groups is 1. The van der Waals surface area contributed by atoms with E-state index in [1.807, 2.05) is 6.92 Å². The van der Waals surface area contributed by atoms with Crippen LogP contribution in [0.4, 0.5) is 0 Å². The second-order valence-corrected chi connectivity index (χ2v) is 4.54. The van der Waals surface area contributed by atoms with Crippen molar-refractivity contribution in [1.82, 2.24) is 4.57 Å². The van der Waals surface area contributed by atoms with Crippen LogP contribution in [0, 0.1) is 6.92 Å². The van der Waals surface area contributed by atoms with Gasteiger partial charge in [-0.25, -0.2) is 0 Å². The van der Waals surface area contributed by atoms with E-state index in [4.69, 9.17) is 11.6 Å². The molecule has 0 saturated carbocycles.